The van der Waals surface area contributed by atoms with Gasteiger partial charge in [-0.1, -0.05) is 17.2 Å². The van der Waals surface area contributed by atoms with Gasteiger partial charge in [0.1, 0.15) is 0 Å². The van der Waals surface area contributed by atoms with Gasteiger partial charge in [-0.3, -0.25) is 0 Å². The van der Waals surface area contributed by atoms with Crippen LogP contribution in [0.3, 0.4) is 0 Å². The third-order valence-corrected chi connectivity index (χ3v) is 5.14. The lowest BCUT2D eigenvalue weighted by Crippen LogP contribution is -1.96. The summed E-state index contributed by atoms with van der Waals surface area (Å²) in [5.74, 6) is -0.864. The molecule has 2 aromatic carbocycles. The Bertz CT molecular complexity index is 644. The summed E-state index contributed by atoms with van der Waals surface area (Å²) in [6.45, 7) is 8.12. The maximum Gasteiger partial charge on any atom is 0.335 e. The van der Waals surface area contributed by atoms with Gasteiger partial charge in [0.15, 0.2) is 0 Å². The topological polar surface area (TPSA) is 37.3 Å². The van der Waals surface area contributed by atoms with Crippen molar-refractivity contribution in [1.82, 2.24) is 0 Å². The van der Waals surface area contributed by atoms with Crippen LogP contribution in [-0.2, 0) is 0 Å². The monoisotopic (exact) mass is 348 g/mol. The summed E-state index contributed by atoms with van der Waals surface area (Å²) in [6.07, 6.45) is 4.25. The number of carboxylic acid groups (broad SMARTS) is 1. The minimum atomic E-state index is -0.864. The van der Waals surface area contributed by atoms with Crippen molar-refractivity contribution in [3.8, 4) is 0 Å². The lowest BCUT2D eigenvalue weighted by Gasteiger charge is -2.07. The molecule has 0 saturated heterocycles. The Kier molecular flexibility index (Phi) is 7.73. The molecule has 0 saturated carbocycles. The highest BCUT2D eigenvalue weighted by atomic mass is 32.2. The average Bonchev–Trinajstić information content (AvgIpc) is 2.48. The lowest BCUT2D eigenvalue weighted by molar-refractivity contribution is 0.0696. The fraction of sp³-hybridized carbons (Fsp3) is 0.316. The zero-order valence-electron chi connectivity index (χ0n) is 14.6. The molecular weight excluding hydrogens is 324 g/mol. The number of carbonyl (C=O) groups is 1. The minimum Gasteiger partial charge on any atom is -0.478 e. The summed E-state index contributed by atoms with van der Waals surface area (Å²) >= 11 is 3.64. The molecule has 2 rings (SSSR count). The first-order valence-corrected chi connectivity index (χ1v) is 9.74. The van der Waals surface area contributed by atoms with E-state index in [0.717, 1.165) is 11.1 Å². The van der Waals surface area contributed by atoms with Crippen molar-refractivity contribution in [3.05, 3.63) is 58.1 Å². The first-order valence-electron chi connectivity index (χ1n) is 7.29. The Morgan fingerprint density at radius 3 is 1.48 bits per heavy atom. The third-order valence-electron chi connectivity index (χ3n) is 3.38. The van der Waals surface area contributed by atoms with Gasteiger partial charge in [0.25, 0.3) is 0 Å². The Morgan fingerprint density at radius 2 is 1.17 bits per heavy atom. The van der Waals surface area contributed by atoms with Gasteiger partial charge in [-0.25, -0.2) is 4.79 Å². The summed E-state index contributed by atoms with van der Waals surface area (Å²) in [5, 5.41) is 8.63. The van der Waals surface area contributed by atoms with Gasteiger partial charge in [-0.2, -0.15) is 0 Å². The molecule has 23 heavy (non-hydrogen) atoms. The van der Waals surface area contributed by atoms with E-state index in [1.54, 1.807) is 12.1 Å². The highest BCUT2D eigenvalue weighted by Crippen LogP contribution is 2.28. The van der Waals surface area contributed by atoms with Crippen LogP contribution in [0.5, 0.6) is 0 Å². The number of aryl methyl sites for hydroxylation is 4. The second-order valence-corrected chi connectivity index (χ2v) is 7.17. The maximum atomic E-state index is 10.5. The van der Waals surface area contributed by atoms with Crippen LogP contribution in [0.25, 0.3) is 0 Å². The molecule has 0 aliphatic carbocycles. The van der Waals surface area contributed by atoms with Crippen LogP contribution in [-0.4, -0.2) is 23.6 Å². The van der Waals surface area contributed by atoms with E-state index < -0.39 is 5.97 Å². The predicted molar refractivity (Wildman–Crippen MR) is 102 cm³/mol. The average molecular weight is 349 g/mol. The van der Waals surface area contributed by atoms with E-state index in [2.05, 4.69) is 38.5 Å². The van der Waals surface area contributed by atoms with Crippen molar-refractivity contribution in [3.63, 3.8) is 0 Å². The number of hydrogen-bond donors (Lipinski definition) is 1. The number of thioether (sulfide) groups is 2. The van der Waals surface area contributed by atoms with Crippen LogP contribution < -0.4 is 0 Å². The van der Waals surface area contributed by atoms with Crippen molar-refractivity contribution >= 4 is 29.5 Å². The molecule has 0 aliphatic rings. The number of hydrogen-bond acceptors (Lipinski definition) is 3. The summed E-state index contributed by atoms with van der Waals surface area (Å²) in [7, 11) is 0. The SMILES string of the molecule is CSc1cc(C)c(SC)cc1C.Cc1cc(C)cc(C(=O)O)c1. The molecule has 0 fully saturated rings. The normalized spacial score (nSPS) is 10.0. The highest BCUT2D eigenvalue weighted by Gasteiger charge is 2.02. The first-order chi connectivity index (χ1) is 10.8. The standard InChI is InChI=1S/C10H14S2.C9H10O2/c1-7-5-10(12-4)8(2)6-9(7)11-3;1-6-3-7(2)5-8(4-6)9(10)11/h5-6H,1-4H3;3-5H,1-2H3,(H,10,11). The van der Waals surface area contributed by atoms with Gasteiger partial charge in [-0.15, -0.1) is 23.5 Å². The second kappa shape index (κ2) is 9.04. The molecule has 1 N–H and O–H groups in total. The Hall–Kier alpha value is -1.39. The summed E-state index contributed by atoms with van der Waals surface area (Å²) in [6, 6.07) is 9.81. The molecule has 0 atom stereocenters. The Morgan fingerprint density at radius 1 is 0.783 bits per heavy atom. The number of carboxylic acids is 1. The fourth-order valence-electron chi connectivity index (χ4n) is 2.30. The maximum absolute atomic E-state index is 10.5. The van der Waals surface area contributed by atoms with Crippen LogP contribution in [0, 0.1) is 27.7 Å². The summed E-state index contributed by atoms with van der Waals surface area (Å²) < 4.78 is 0. The molecule has 0 bridgehead atoms. The van der Waals surface area contributed by atoms with Crippen LogP contribution in [0.4, 0.5) is 0 Å². The number of rotatable bonds is 3. The zero-order valence-corrected chi connectivity index (χ0v) is 16.2. The van der Waals surface area contributed by atoms with E-state index in [1.165, 1.54) is 20.9 Å². The lowest BCUT2D eigenvalue weighted by atomic mass is 10.1. The largest absolute Gasteiger partial charge is 0.478 e. The Balaban J connectivity index is 0.000000231. The summed E-state index contributed by atoms with van der Waals surface area (Å²) in [5.41, 5.74) is 5.11. The van der Waals surface area contributed by atoms with Crippen LogP contribution in [0.2, 0.25) is 0 Å². The predicted octanol–water partition coefficient (Wildman–Crippen LogP) is 5.75. The zero-order chi connectivity index (χ0) is 17.6. The molecule has 0 amide bonds. The highest BCUT2D eigenvalue weighted by molar-refractivity contribution is 7.99. The van der Waals surface area contributed by atoms with Crippen molar-refractivity contribution in [2.45, 2.75) is 37.5 Å². The molecule has 2 aromatic rings. The van der Waals surface area contributed by atoms with E-state index in [-0.39, 0.29) is 0 Å². The molecule has 0 radical (unpaired) electrons. The Labute approximate surface area is 147 Å². The smallest absolute Gasteiger partial charge is 0.335 e. The third kappa shape index (κ3) is 5.96. The number of benzene rings is 2. The molecule has 4 heteroatoms. The first kappa shape index (κ1) is 19.7. The van der Waals surface area contributed by atoms with Gasteiger partial charge < -0.3 is 5.11 Å². The van der Waals surface area contributed by atoms with Gasteiger partial charge >= 0.3 is 5.97 Å². The van der Waals surface area contributed by atoms with E-state index in [1.807, 2.05) is 43.4 Å². The molecule has 0 aromatic heterocycles. The van der Waals surface area contributed by atoms with Crippen molar-refractivity contribution in [1.29, 1.82) is 0 Å². The molecule has 0 spiro atoms. The van der Waals surface area contributed by atoms with E-state index in [9.17, 15) is 4.79 Å². The molecule has 124 valence electrons. The van der Waals surface area contributed by atoms with Gasteiger partial charge in [0, 0.05) is 9.79 Å². The molecule has 0 aliphatic heterocycles. The molecule has 2 nitrogen and oxygen atoms in total. The molecule has 0 unspecified atom stereocenters. The van der Waals surface area contributed by atoms with Crippen molar-refractivity contribution < 1.29 is 9.90 Å². The van der Waals surface area contributed by atoms with Crippen LogP contribution in [0.1, 0.15) is 32.6 Å². The van der Waals surface area contributed by atoms with Crippen LogP contribution in [0.15, 0.2) is 40.1 Å². The van der Waals surface area contributed by atoms with Gasteiger partial charge in [0.05, 0.1) is 5.56 Å². The van der Waals surface area contributed by atoms with Crippen LogP contribution >= 0.6 is 23.5 Å². The van der Waals surface area contributed by atoms with Gasteiger partial charge in [-0.05, 0) is 75.6 Å². The quantitative estimate of drug-likeness (QED) is 0.717. The summed E-state index contributed by atoms with van der Waals surface area (Å²) in [4.78, 5) is 13.3. The minimum absolute atomic E-state index is 0.363. The van der Waals surface area contributed by atoms with E-state index in [0.29, 0.717) is 5.56 Å². The van der Waals surface area contributed by atoms with E-state index >= 15 is 0 Å². The van der Waals surface area contributed by atoms with E-state index in [4.69, 9.17) is 5.11 Å². The van der Waals surface area contributed by atoms with Crippen molar-refractivity contribution in [2.24, 2.45) is 0 Å². The fourth-order valence-corrected chi connectivity index (χ4v) is 3.65. The number of aromatic carboxylic acids is 1. The molecular formula is C19H24O2S2. The van der Waals surface area contributed by atoms with Crippen molar-refractivity contribution in [2.75, 3.05) is 12.5 Å². The second-order valence-electron chi connectivity index (χ2n) is 5.47. The van der Waals surface area contributed by atoms with Gasteiger partial charge in [0.2, 0.25) is 0 Å². The molecule has 0 heterocycles.